The summed E-state index contributed by atoms with van der Waals surface area (Å²) in [6.07, 6.45) is 0. The zero-order chi connectivity index (χ0) is 78.9. The van der Waals surface area contributed by atoms with Crippen molar-refractivity contribution in [2.24, 2.45) is 0 Å². The van der Waals surface area contributed by atoms with Crippen LogP contribution in [-0.4, -0.2) is 448 Å². The Labute approximate surface area is 653 Å². The van der Waals surface area contributed by atoms with Crippen LogP contribution in [0.25, 0.3) is 0 Å². The van der Waals surface area contributed by atoms with Crippen LogP contribution in [-0.2, 0) is 57.5 Å². The number of carbonyl (C=O) groups is 14. The molecule has 5 amide bonds. The Morgan fingerprint density at radius 1 is 0.274 bits per heavy atom. The van der Waals surface area contributed by atoms with Gasteiger partial charge < -0.3 is 72.5 Å². The van der Waals surface area contributed by atoms with Gasteiger partial charge in [0.2, 0.25) is 17.7 Å². The topological polar surface area (TPSA) is 520 Å². The maximum Gasteiger partial charge on any atom is 0.317 e. The molecule has 4 rings (SSSR count). The second-order valence-corrected chi connectivity index (χ2v) is 29.1. The number of nitrogens with zero attached hydrogens (tertiary/aromatic N) is 12. The number of nitrogens with one attached hydrogen (secondary N) is 5. The Balaban J connectivity index is 1.65. The number of hydrogen-bond acceptors (Lipinski definition) is 26. The van der Waals surface area contributed by atoms with Crippen molar-refractivity contribution >= 4 is 157 Å². The second-order valence-electron chi connectivity index (χ2n) is 25.8. The van der Waals surface area contributed by atoms with Crippen LogP contribution in [0.1, 0.15) is 41.5 Å². The number of aliphatic carboxylic acids is 9. The highest BCUT2D eigenvalue weighted by Crippen LogP contribution is 2.36. The van der Waals surface area contributed by atoms with E-state index in [-0.39, 0.29) is 257 Å². The number of anilines is 1. The van der Waals surface area contributed by atoms with Gasteiger partial charge in [-0.1, -0.05) is 0 Å². The minimum Gasteiger partial charge on any atom is -0.480 e. The molecular formula is C63H100I3N17O23. The first kappa shape index (κ1) is 91.9. The number of carboxylic acid groups (broad SMARTS) is 9. The Morgan fingerprint density at radius 3 is 0.632 bits per heavy atom. The summed E-state index contributed by atoms with van der Waals surface area (Å²) in [6.45, 7) is 3.72. The van der Waals surface area contributed by atoms with E-state index in [0.717, 1.165) is 0 Å². The van der Waals surface area contributed by atoms with Crippen LogP contribution < -0.4 is 26.6 Å². The fourth-order valence-electron chi connectivity index (χ4n) is 12.1. The van der Waals surface area contributed by atoms with Crippen LogP contribution >= 0.6 is 67.8 Å². The molecule has 3 heterocycles. The SMILES string of the molecule is CC(C(=O)NCCNC(=O)c1c(I)c(NC(=O)C(C)N2CCN(CC(=O)O)CCN(CC(=O)O)CCN(CC(=O)O)CC2)c(I)c(C(=O)NCCNC(=O)C(C)N2CCN(CC(=O)O)CCN(CC(=O)O)CCN(CC(=O)O)CC2)c1I)N1CCN(CC(=O)O)CCN(CC(=O)O)CCN(CC(=O)O)CC1. The maximum absolute atomic E-state index is 14.8. The molecule has 3 unspecified atom stereocenters. The van der Waals surface area contributed by atoms with Crippen LogP contribution in [0.5, 0.6) is 0 Å². The predicted molar refractivity (Wildman–Crippen MR) is 404 cm³/mol. The van der Waals surface area contributed by atoms with Crippen molar-refractivity contribution in [2.75, 3.05) is 247 Å². The lowest BCUT2D eigenvalue weighted by atomic mass is 10.1. The molecule has 0 aromatic heterocycles. The largest absolute Gasteiger partial charge is 0.480 e. The standard InChI is InChI=1S/C63H100I3N17O23/c1-41(81-26-20-75(35-47(90)91)14-8-72(32-44(84)85)9-15-76(21-27-81)36-48(92)93)59(102)67-4-6-69-62(105)53-55(64)54(63(106)70-7-5-68-60(103)42(2)82-28-22-77(37-49(94)95)16-10-73(33-45(86)87)11-17-78(23-29-82)38-50(96)97)57(66)58(56(53)65)71-61(104)43(3)83-30-24-79(39-51(98)99)18-12-74(34-46(88)89)13-19-80(25-31-83)40-52(100)101/h41-43H,4-40H2,1-3H3,(H,67,102)(H,68,103)(H,69,105)(H,70,106)(H,71,104)(H,84,85)(H,86,87)(H,88,89)(H,90,91)(H,92,93)(H,94,95)(H,96,97)(H,98,99)(H,100,101). The molecule has 0 spiro atoms. The molecule has 3 saturated heterocycles. The summed E-state index contributed by atoms with van der Waals surface area (Å²) >= 11 is 5.55. The number of amides is 5. The van der Waals surface area contributed by atoms with Crippen LogP contribution in [0.15, 0.2) is 0 Å². The summed E-state index contributed by atoms with van der Waals surface area (Å²) in [5.74, 6) is -13.4. The Kier molecular flexibility index (Phi) is 41.1. The number of halogens is 3. The molecule has 3 aliphatic rings. The van der Waals surface area contributed by atoms with E-state index in [4.69, 9.17) is 0 Å². The smallest absolute Gasteiger partial charge is 0.317 e. The highest BCUT2D eigenvalue weighted by molar-refractivity contribution is 14.1. The van der Waals surface area contributed by atoms with Crippen molar-refractivity contribution in [3.05, 3.63) is 21.8 Å². The number of carboxylic acids is 9. The fourth-order valence-corrected chi connectivity index (χ4v) is 16.5. The molecule has 0 radical (unpaired) electrons. The summed E-state index contributed by atoms with van der Waals surface area (Å²) < 4.78 is 0.442. The number of hydrogen-bond donors (Lipinski definition) is 14. The number of rotatable bonds is 33. The van der Waals surface area contributed by atoms with Gasteiger partial charge in [0.25, 0.3) is 11.8 Å². The predicted octanol–water partition coefficient (Wildman–Crippen LogP) is -5.28. The van der Waals surface area contributed by atoms with Crippen LogP contribution in [0.3, 0.4) is 0 Å². The average molecular weight is 1840 g/mol. The molecule has 0 bridgehead atoms. The first-order chi connectivity index (χ1) is 50.0. The van der Waals surface area contributed by atoms with Crippen molar-refractivity contribution in [3.8, 4) is 0 Å². The number of carbonyl (C=O) groups excluding carboxylic acids is 5. The fraction of sp³-hybridized carbons (Fsp3) is 0.683. The molecule has 0 saturated carbocycles. The molecule has 3 aliphatic heterocycles. The van der Waals surface area contributed by atoms with Gasteiger partial charge in [0, 0.05) is 187 Å². The van der Waals surface area contributed by atoms with Crippen molar-refractivity contribution in [1.29, 1.82) is 0 Å². The molecule has 1 aromatic carbocycles. The molecule has 596 valence electrons. The minimum atomic E-state index is -1.16. The van der Waals surface area contributed by atoms with Crippen LogP contribution in [0.2, 0.25) is 0 Å². The normalized spacial score (nSPS) is 18.9. The Bertz CT molecular complexity index is 2980. The molecule has 40 nitrogen and oxygen atoms in total. The molecule has 14 N–H and O–H groups in total. The van der Waals surface area contributed by atoms with Gasteiger partial charge in [-0.2, -0.15) is 0 Å². The molecule has 1 aromatic rings. The van der Waals surface area contributed by atoms with Gasteiger partial charge in [-0.3, -0.25) is 126 Å². The van der Waals surface area contributed by atoms with Gasteiger partial charge in [-0.15, -0.1) is 0 Å². The zero-order valence-electron chi connectivity index (χ0n) is 59.6. The average Bonchev–Trinajstić information content (AvgIpc) is 0.765. The summed E-state index contributed by atoms with van der Waals surface area (Å²) in [4.78, 5) is 199. The minimum absolute atomic E-state index is 0.0194. The third-order valence-electron chi connectivity index (χ3n) is 18.1. The summed E-state index contributed by atoms with van der Waals surface area (Å²) in [6, 6.07) is -2.83. The van der Waals surface area contributed by atoms with E-state index in [1.54, 1.807) is 79.6 Å². The highest BCUT2D eigenvalue weighted by atomic mass is 127. The van der Waals surface area contributed by atoms with Gasteiger partial charge in [-0.25, -0.2) is 0 Å². The van der Waals surface area contributed by atoms with Crippen molar-refractivity contribution < 1.29 is 113 Å². The lowest BCUT2D eigenvalue weighted by Crippen LogP contribution is -2.53. The third-order valence-corrected chi connectivity index (χ3v) is 21.3. The lowest BCUT2D eigenvalue weighted by molar-refractivity contribution is -0.140. The monoisotopic (exact) mass is 1840 g/mol. The van der Waals surface area contributed by atoms with E-state index in [0.29, 0.717) is 0 Å². The Morgan fingerprint density at radius 2 is 0.443 bits per heavy atom. The van der Waals surface area contributed by atoms with Gasteiger partial charge >= 0.3 is 53.7 Å². The van der Waals surface area contributed by atoms with Gasteiger partial charge in [0.15, 0.2) is 0 Å². The molecule has 43 heteroatoms. The summed E-state index contributed by atoms with van der Waals surface area (Å²) in [7, 11) is 0. The molecular weight excluding hydrogens is 1740 g/mol. The van der Waals surface area contributed by atoms with Crippen LogP contribution in [0, 0.1) is 10.7 Å². The molecule has 106 heavy (non-hydrogen) atoms. The van der Waals surface area contributed by atoms with Crippen molar-refractivity contribution in [2.45, 2.75) is 38.9 Å². The van der Waals surface area contributed by atoms with E-state index in [9.17, 15) is 113 Å². The maximum atomic E-state index is 14.8. The summed E-state index contributed by atoms with van der Waals surface area (Å²) in [5, 5.41) is 101. The van der Waals surface area contributed by atoms with Crippen molar-refractivity contribution in [1.82, 2.24) is 80.1 Å². The molecule has 0 aliphatic carbocycles. The van der Waals surface area contributed by atoms with E-state index in [1.165, 1.54) is 0 Å². The summed E-state index contributed by atoms with van der Waals surface area (Å²) in [5.41, 5.74) is -0.141. The highest BCUT2D eigenvalue weighted by Gasteiger charge is 2.34. The van der Waals surface area contributed by atoms with E-state index >= 15 is 0 Å². The Hall–Kier alpha value is -6.49. The third kappa shape index (κ3) is 34.0. The van der Waals surface area contributed by atoms with Gasteiger partial charge in [0.1, 0.15) is 0 Å². The van der Waals surface area contributed by atoms with E-state index in [1.807, 2.05) is 67.8 Å². The van der Waals surface area contributed by atoms with E-state index in [2.05, 4.69) is 26.6 Å². The number of benzene rings is 1. The quantitative estimate of drug-likeness (QED) is 0.0231. The van der Waals surface area contributed by atoms with Gasteiger partial charge in [-0.05, 0) is 88.5 Å². The van der Waals surface area contributed by atoms with Crippen LogP contribution in [0.4, 0.5) is 5.69 Å². The first-order valence-corrected chi connectivity index (χ1v) is 37.6. The lowest BCUT2D eigenvalue weighted by Gasteiger charge is -2.35. The van der Waals surface area contributed by atoms with Gasteiger partial charge in [0.05, 0.1) is 101 Å². The van der Waals surface area contributed by atoms with E-state index < -0.39 is 114 Å². The first-order valence-electron chi connectivity index (χ1n) is 34.3. The zero-order valence-corrected chi connectivity index (χ0v) is 66.1. The molecule has 3 atom stereocenters. The second kappa shape index (κ2) is 47.4. The van der Waals surface area contributed by atoms with Crippen molar-refractivity contribution in [3.63, 3.8) is 0 Å². The molecule has 3 fully saturated rings.